The molecule has 0 atom stereocenters. The first-order chi connectivity index (χ1) is 9.20. The second-order valence-corrected chi connectivity index (χ2v) is 5.27. The number of benzene rings is 2. The molecule has 0 amide bonds. The highest BCUT2D eigenvalue weighted by Crippen LogP contribution is 2.20. The smallest absolute Gasteiger partial charge is 0.0438 e. The van der Waals surface area contributed by atoms with Gasteiger partial charge in [0.25, 0.3) is 0 Å². The van der Waals surface area contributed by atoms with Gasteiger partial charge in [-0.05, 0) is 36.1 Å². The minimum absolute atomic E-state index is 0.0970. The highest BCUT2D eigenvalue weighted by Gasteiger charge is 2.12. The maximum atomic E-state index is 6.16. The van der Waals surface area contributed by atoms with Gasteiger partial charge >= 0.3 is 0 Å². The van der Waals surface area contributed by atoms with Gasteiger partial charge in [0.05, 0.1) is 0 Å². The van der Waals surface area contributed by atoms with Gasteiger partial charge in [-0.25, -0.2) is 0 Å². The minimum Gasteiger partial charge on any atom is -0.271 e. The van der Waals surface area contributed by atoms with Crippen molar-refractivity contribution in [3.8, 4) is 0 Å². The number of halogens is 2. The highest BCUT2D eigenvalue weighted by atomic mass is 35.5. The number of hydrazine groups is 1. The summed E-state index contributed by atoms with van der Waals surface area (Å²) in [6.07, 6.45) is 1.53. The van der Waals surface area contributed by atoms with Crippen LogP contribution in [0, 0.1) is 0 Å². The van der Waals surface area contributed by atoms with Crippen molar-refractivity contribution in [3.05, 3.63) is 69.7 Å². The summed E-state index contributed by atoms with van der Waals surface area (Å²) >= 11 is 12.3. The Kier molecular flexibility index (Phi) is 5.23. The van der Waals surface area contributed by atoms with Gasteiger partial charge in [0.15, 0.2) is 0 Å². The SMILES string of the molecule is NNC(Cc1ccccc1Cl)Cc1ccccc1Cl. The van der Waals surface area contributed by atoms with Crippen molar-refractivity contribution < 1.29 is 0 Å². The Morgan fingerprint density at radius 1 is 0.842 bits per heavy atom. The fourth-order valence-electron chi connectivity index (χ4n) is 2.05. The van der Waals surface area contributed by atoms with Gasteiger partial charge in [0.1, 0.15) is 0 Å². The van der Waals surface area contributed by atoms with Crippen LogP contribution < -0.4 is 11.3 Å². The summed E-state index contributed by atoms with van der Waals surface area (Å²) in [5, 5.41) is 1.53. The van der Waals surface area contributed by atoms with Crippen LogP contribution in [0.4, 0.5) is 0 Å². The molecule has 100 valence electrons. The van der Waals surface area contributed by atoms with Crippen molar-refractivity contribution in [2.24, 2.45) is 5.84 Å². The predicted octanol–water partition coefficient (Wildman–Crippen LogP) is 3.61. The van der Waals surface area contributed by atoms with Crippen molar-refractivity contribution in [3.63, 3.8) is 0 Å². The average molecular weight is 295 g/mol. The van der Waals surface area contributed by atoms with E-state index in [1.165, 1.54) is 0 Å². The summed E-state index contributed by atoms with van der Waals surface area (Å²) in [5.74, 6) is 5.63. The largest absolute Gasteiger partial charge is 0.271 e. The van der Waals surface area contributed by atoms with E-state index in [0.717, 1.165) is 34.0 Å². The van der Waals surface area contributed by atoms with Crippen molar-refractivity contribution in [2.45, 2.75) is 18.9 Å². The van der Waals surface area contributed by atoms with Crippen LogP contribution in [0.15, 0.2) is 48.5 Å². The molecule has 19 heavy (non-hydrogen) atoms. The molecule has 0 unspecified atom stereocenters. The molecule has 4 heteroatoms. The van der Waals surface area contributed by atoms with E-state index < -0.39 is 0 Å². The van der Waals surface area contributed by atoms with Crippen molar-refractivity contribution in [1.29, 1.82) is 0 Å². The van der Waals surface area contributed by atoms with E-state index in [2.05, 4.69) is 5.43 Å². The van der Waals surface area contributed by atoms with E-state index in [-0.39, 0.29) is 6.04 Å². The summed E-state index contributed by atoms with van der Waals surface area (Å²) in [4.78, 5) is 0. The zero-order valence-corrected chi connectivity index (χ0v) is 12.0. The third kappa shape index (κ3) is 3.95. The molecule has 0 radical (unpaired) electrons. The van der Waals surface area contributed by atoms with Crippen LogP contribution in [-0.4, -0.2) is 6.04 Å². The summed E-state index contributed by atoms with van der Waals surface area (Å²) in [7, 11) is 0. The molecule has 0 aliphatic heterocycles. The van der Waals surface area contributed by atoms with Crippen molar-refractivity contribution in [2.75, 3.05) is 0 Å². The molecule has 0 aliphatic carbocycles. The third-order valence-corrected chi connectivity index (χ3v) is 3.82. The van der Waals surface area contributed by atoms with E-state index in [1.807, 2.05) is 48.5 Å². The highest BCUT2D eigenvalue weighted by molar-refractivity contribution is 6.31. The van der Waals surface area contributed by atoms with Crippen LogP contribution in [0.25, 0.3) is 0 Å². The molecule has 0 saturated carbocycles. The molecule has 0 heterocycles. The Morgan fingerprint density at radius 3 is 1.63 bits per heavy atom. The standard InChI is InChI=1S/C15H16Cl2N2/c16-14-7-3-1-5-11(14)9-13(19-18)10-12-6-2-4-8-15(12)17/h1-8,13,19H,9-10,18H2. The molecule has 0 fully saturated rings. The van der Waals surface area contributed by atoms with Crippen LogP contribution in [0.1, 0.15) is 11.1 Å². The predicted molar refractivity (Wildman–Crippen MR) is 81.4 cm³/mol. The Bertz CT molecular complexity index is 496. The molecular formula is C15H16Cl2N2. The monoisotopic (exact) mass is 294 g/mol. The first-order valence-corrected chi connectivity index (χ1v) is 6.89. The van der Waals surface area contributed by atoms with Gasteiger partial charge in [-0.3, -0.25) is 11.3 Å². The number of rotatable bonds is 5. The normalized spacial score (nSPS) is 10.9. The van der Waals surface area contributed by atoms with Gasteiger partial charge < -0.3 is 0 Å². The van der Waals surface area contributed by atoms with Gasteiger partial charge in [-0.15, -0.1) is 0 Å². The second-order valence-electron chi connectivity index (χ2n) is 4.45. The number of hydrogen-bond donors (Lipinski definition) is 2. The molecule has 3 N–H and O–H groups in total. The summed E-state index contributed by atoms with van der Waals surface area (Å²) in [6.45, 7) is 0. The summed E-state index contributed by atoms with van der Waals surface area (Å²) in [6, 6.07) is 15.7. The van der Waals surface area contributed by atoms with Crippen LogP contribution in [0.2, 0.25) is 10.0 Å². The Morgan fingerprint density at radius 2 is 1.26 bits per heavy atom. The maximum absolute atomic E-state index is 6.16. The third-order valence-electron chi connectivity index (χ3n) is 3.08. The summed E-state index contributed by atoms with van der Waals surface area (Å²) in [5.41, 5.74) is 5.00. The Balaban J connectivity index is 2.09. The lowest BCUT2D eigenvalue weighted by Gasteiger charge is -2.17. The zero-order valence-electron chi connectivity index (χ0n) is 10.4. The van der Waals surface area contributed by atoms with Crippen molar-refractivity contribution in [1.82, 2.24) is 5.43 Å². The number of nitrogens with two attached hydrogens (primary N) is 1. The average Bonchev–Trinajstić information content (AvgIpc) is 2.42. The first kappa shape index (κ1) is 14.4. The maximum Gasteiger partial charge on any atom is 0.0438 e. The van der Waals surface area contributed by atoms with E-state index in [1.54, 1.807) is 0 Å². The molecule has 2 rings (SSSR count). The lowest BCUT2D eigenvalue weighted by Crippen LogP contribution is -2.38. The molecule has 2 nitrogen and oxygen atoms in total. The Labute approximate surface area is 123 Å². The van der Waals surface area contributed by atoms with Gasteiger partial charge in [0.2, 0.25) is 0 Å². The second kappa shape index (κ2) is 6.92. The zero-order chi connectivity index (χ0) is 13.7. The fourth-order valence-corrected chi connectivity index (χ4v) is 2.47. The molecule has 0 bridgehead atoms. The molecule has 0 aliphatic rings. The van der Waals surface area contributed by atoms with E-state index >= 15 is 0 Å². The lowest BCUT2D eigenvalue weighted by atomic mass is 9.99. The molecule has 2 aromatic rings. The van der Waals surface area contributed by atoms with Gasteiger partial charge in [-0.2, -0.15) is 0 Å². The van der Waals surface area contributed by atoms with E-state index in [0.29, 0.717) is 0 Å². The van der Waals surface area contributed by atoms with E-state index in [9.17, 15) is 0 Å². The van der Waals surface area contributed by atoms with Gasteiger partial charge in [-0.1, -0.05) is 59.6 Å². The van der Waals surface area contributed by atoms with E-state index in [4.69, 9.17) is 29.0 Å². The molecule has 0 aromatic heterocycles. The first-order valence-electron chi connectivity index (χ1n) is 6.13. The van der Waals surface area contributed by atoms with Crippen LogP contribution in [0.5, 0.6) is 0 Å². The van der Waals surface area contributed by atoms with Gasteiger partial charge in [0, 0.05) is 16.1 Å². The Hall–Kier alpha value is -1.06. The van der Waals surface area contributed by atoms with Crippen LogP contribution in [-0.2, 0) is 12.8 Å². The fraction of sp³-hybridized carbons (Fsp3) is 0.200. The molecule has 0 spiro atoms. The van der Waals surface area contributed by atoms with Crippen molar-refractivity contribution >= 4 is 23.2 Å². The molecule has 2 aromatic carbocycles. The molecule has 0 saturated heterocycles. The topological polar surface area (TPSA) is 38.0 Å². The lowest BCUT2D eigenvalue weighted by molar-refractivity contribution is 0.522. The van der Waals surface area contributed by atoms with Crippen LogP contribution in [0.3, 0.4) is 0 Å². The minimum atomic E-state index is 0.0970. The number of hydrogen-bond acceptors (Lipinski definition) is 2. The van der Waals surface area contributed by atoms with Crippen LogP contribution >= 0.6 is 23.2 Å². The quantitative estimate of drug-likeness (QED) is 0.653. The summed E-state index contributed by atoms with van der Waals surface area (Å²) < 4.78 is 0. The molecular weight excluding hydrogens is 279 g/mol. The number of nitrogens with one attached hydrogen (secondary N) is 1.